The molecule has 2 aromatic heterocycles. The summed E-state index contributed by atoms with van der Waals surface area (Å²) < 4.78 is 12.4. The van der Waals surface area contributed by atoms with E-state index in [4.69, 9.17) is 9.47 Å². The number of benzene rings is 1. The van der Waals surface area contributed by atoms with E-state index in [1.165, 1.54) is 0 Å². The maximum Gasteiger partial charge on any atom is 0.318 e. The van der Waals surface area contributed by atoms with Gasteiger partial charge in [0.1, 0.15) is 11.3 Å². The normalized spacial score (nSPS) is 12.0. The molecule has 0 radical (unpaired) electrons. The largest absolute Gasteiger partial charge is 0.494 e. The van der Waals surface area contributed by atoms with E-state index in [-0.39, 0.29) is 12.1 Å². The van der Waals surface area contributed by atoms with E-state index in [1.54, 1.807) is 43.2 Å². The number of nitrogens with one attached hydrogen (secondary N) is 1. The molecule has 0 fully saturated rings. The van der Waals surface area contributed by atoms with E-state index in [0.29, 0.717) is 18.9 Å². The van der Waals surface area contributed by atoms with Crippen LogP contribution < -0.4 is 10.1 Å². The first-order valence-electron chi connectivity index (χ1n) is 8.94. The molecule has 1 N–H and O–H groups in total. The number of aromatic nitrogens is 3. The minimum absolute atomic E-state index is 0.198. The molecule has 8 nitrogen and oxygen atoms in total. The minimum atomic E-state index is -0.290. The zero-order valence-corrected chi connectivity index (χ0v) is 16.5. The number of ether oxygens (including phenoxy) is 2. The minimum Gasteiger partial charge on any atom is -0.494 e. The second-order valence-corrected chi connectivity index (χ2v) is 6.52. The summed E-state index contributed by atoms with van der Waals surface area (Å²) in [6.07, 6.45) is 3.43. The predicted molar refractivity (Wildman–Crippen MR) is 106 cm³/mol. The maximum atomic E-state index is 12.8. The second-order valence-electron chi connectivity index (χ2n) is 6.52. The van der Waals surface area contributed by atoms with Gasteiger partial charge in [-0.25, -0.2) is 4.79 Å². The molecule has 8 heteroatoms. The van der Waals surface area contributed by atoms with E-state index in [2.05, 4.69) is 15.4 Å². The Bertz CT molecular complexity index is 956. The van der Waals surface area contributed by atoms with E-state index in [1.807, 2.05) is 37.4 Å². The number of pyridine rings is 1. The van der Waals surface area contributed by atoms with Crippen molar-refractivity contribution in [2.75, 3.05) is 27.9 Å². The van der Waals surface area contributed by atoms with Gasteiger partial charge in [-0.05, 0) is 23.8 Å². The number of fused-ring (bicyclic) bond motifs is 1. The highest BCUT2D eigenvalue weighted by molar-refractivity contribution is 5.87. The van der Waals surface area contributed by atoms with Gasteiger partial charge < -0.3 is 19.7 Å². The van der Waals surface area contributed by atoms with E-state index >= 15 is 0 Å². The van der Waals surface area contributed by atoms with Gasteiger partial charge in [0.05, 0.1) is 25.5 Å². The first kappa shape index (κ1) is 19.6. The predicted octanol–water partition coefficient (Wildman–Crippen LogP) is 2.51. The summed E-state index contributed by atoms with van der Waals surface area (Å²) in [5, 5.41) is 8.14. The van der Waals surface area contributed by atoms with Gasteiger partial charge in [0.15, 0.2) is 0 Å². The molecule has 0 spiro atoms. The Labute approximate surface area is 164 Å². The van der Waals surface area contributed by atoms with Gasteiger partial charge in [-0.15, -0.1) is 0 Å². The lowest BCUT2D eigenvalue weighted by Gasteiger charge is -2.24. The molecule has 0 aliphatic carbocycles. The van der Waals surface area contributed by atoms with Crippen molar-refractivity contribution in [2.45, 2.75) is 12.6 Å². The summed E-state index contributed by atoms with van der Waals surface area (Å²) in [5.41, 5.74) is 2.65. The van der Waals surface area contributed by atoms with Crippen LogP contribution in [0.15, 0.2) is 42.7 Å². The number of nitrogens with zero attached hydrogens (tertiary/aromatic N) is 4. The molecule has 1 atom stereocenters. The van der Waals surface area contributed by atoms with E-state index < -0.39 is 0 Å². The van der Waals surface area contributed by atoms with Crippen molar-refractivity contribution < 1.29 is 14.3 Å². The average Bonchev–Trinajstić information content (AvgIpc) is 3.13. The maximum absolute atomic E-state index is 12.8. The van der Waals surface area contributed by atoms with Crippen LogP contribution >= 0.6 is 0 Å². The lowest BCUT2D eigenvalue weighted by molar-refractivity contribution is 0.155. The van der Waals surface area contributed by atoms with Crippen molar-refractivity contribution >= 4 is 16.9 Å². The molecule has 0 unspecified atom stereocenters. The molecule has 28 heavy (non-hydrogen) atoms. The standard InChI is InChI=1S/C20H25N5O3/c1-24(20(26)23-16(13-27-3)17-9-11-22-25(17)2)12-14-7-8-18(28-4)19-15(14)6-5-10-21-19/h5-11,16H,12-13H2,1-4H3,(H,23,26)/t16-/m1/s1. The number of hydrogen-bond donors (Lipinski definition) is 1. The number of amides is 2. The molecule has 0 bridgehead atoms. The van der Waals surface area contributed by atoms with Crippen LogP contribution in [0.5, 0.6) is 5.75 Å². The van der Waals surface area contributed by atoms with Gasteiger partial charge in [-0.3, -0.25) is 9.67 Å². The molecule has 0 aliphatic rings. The number of methoxy groups -OCH3 is 2. The molecule has 0 aliphatic heterocycles. The van der Waals surface area contributed by atoms with Crippen molar-refractivity contribution in [1.29, 1.82) is 0 Å². The van der Waals surface area contributed by atoms with Gasteiger partial charge in [0, 0.05) is 45.5 Å². The highest BCUT2D eigenvalue weighted by Gasteiger charge is 2.20. The number of rotatable bonds is 7. The Morgan fingerprint density at radius 1 is 1.25 bits per heavy atom. The van der Waals surface area contributed by atoms with Crippen molar-refractivity contribution in [1.82, 2.24) is 25.0 Å². The summed E-state index contributed by atoms with van der Waals surface area (Å²) in [6.45, 7) is 0.789. The molecule has 2 heterocycles. The van der Waals surface area contributed by atoms with Crippen molar-refractivity contribution in [3.05, 3.63) is 54.0 Å². The van der Waals surface area contributed by atoms with E-state index in [9.17, 15) is 4.79 Å². The summed E-state index contributed by atoms with van der Waals surface area (Å²) in [4.78, 5) is 18.8. The van der Waals surface area contributed by atoms with Crippen LogP contribution in [0.4, 0.5) is 4.79 Å². The zero-order chi connectivity index (χ0) is 20.1. The molecule has 0 saturated heterocycles. The Balaban J connectivity index is 1.77. The van der Waals surface area contributed by atoms with Crippen LogP contribution in [0.2, 0.25) is 0 Å². The number of carbonyl (C=O) groups is 1. The lowest BCUT2D eigenvalue weighted by atomic mass is 10.1. The fraction of sp³-hybridized carbons (Fsp3) is 0.350. The van der Waals surface area contributed by atoms with Crippen LogP contribution in [-0.4, -0.2) is 53.6 Å². The Hall–Kier alpha value is -3.13. The van der Waals surface area contributed by atoms with Crippen LogP contribution in [0, 0.1) is 0 Å². The third-order valence-corrected chi connectivity index (χ3v) is 4.64. The summed E-state index contributed by atoms with van der Waals surface area (Å²) >= 11 is 0. The topological polar surface area (TPSA) is 81.5 Å². The fourth-order valence-electron chi connectivity index (χ4n) is 3.19. The van der Waals surface area contributed by atoms with Gasteiger partial charge in [-0.2, -0.15) is 5.10 Å². The van der Waals surface area contributed by atoms with Crippen LogP contribution in [-0.2, 0) is 18.3 Å². The van der Waals surface area contributed by atoms with Gasteiger partial charge >= 0.3 is 6.03 Å². The third-order valence-electron chi connectivity index (χ3n) is 4.64. The SMILES string of the molecule is COC[C@@H](NC(=O)N(C)Cc1ccc(OC)c2ncccc12)c1ccnn1C. The number of carbonyl (C=O) groups excluding carboxylic acids is 1. The van der Waals surface area contributed by atoms with Crippen LogP contribution in [0.25, 0.3) is 10.9 Å². The summed E-state index contributed by atoms with van der Waals surface area (Å²) in [7, 11) is 6.83. The molecule has 2 amide bonds. The number of urea groups is 1. The van der Waals surface area contributed by atoms with Gasteiger partial charge in [-0.1, -0.05) is 12.1 Å². The highest BCUT2D eigenvalue weighted by atomic mass is 16.5. The highest BCUT2D eigenvalue weighted by Crippen LogP contribution is 2.27. The van der Waals surface area contributed by atoms with Gasteiger partial charge in [0.2, 0.25) is 0 Å². The second kappa shape index (κ2) is 8.71. The summed E-state index contributed by atoms with van der Waals surface area (Å²) in [6, 6.07) is 9.07. The quantitative estimate of drug-likeness (QED) is 0.678. The molecule has 3 aromatic rings. The lowest BCUT2D eigenvalue weighted by Crippen LogP contribution is -2.41. The molecule has 1 aromatic carbocycles. The summed E-state index contributed by atoms with van der Waals surface area (Å²) in [5.74, 6) is 0.711. The first-order chi connectivity index (χ1) is 13.5. The Kier molecular flexibility index (Phi) is 6.10. The Morgan fingerprint density at radius 2 is 2.07 bits per heavy atom. The van der Waals surface area contributed by atoms with Gasteiger partial charge in [0.25, 0.3) is 0 Å². The van der Waals surface area contributed by atoms with Crippen molar-refractivity contribution in [3.63, 3.8) is 0 Å². The smallest absolute Gasteiger partial charge is 0.318 e. The fourth-order valence-corrected chi connectivity index (χ4v) is 3.19. The monoisotopic (exact) mass is 383 g/mol. The van der Waals surface area contributed by atoms with Crippen LogP contribution in [0.3, 0.4) is 0 Å². The van der Waals surface area contributed by atoms with Crippen molar-refractivity contribution in [3.8, 4) is 5.75 Å². The zero-order valence-electron chi connectivity index (χ0n) is 16.5. The number of aryl methyl sites for hydroxylation is 1. The average molecular weight is 383 g/mol. The van der Waals surface area contributed by atoms with E-state index in [0.717, 1.165) is 22.2 Å². The molecular weight excluding hydrogens is 358 g/mol. The Morgan fingerprint density at radius 3 is 2.75 bits per heavy atom. The van der Waals surface area contributed by atoms with Crippen molar-refractivity contribution in [2.24, 2.45) is 7.05 Å². The number of hydrogen-bond acceptors (Lipinski definition) is 5. The molecule has 148 valence electrons. The molecular formula is C20H25N5O3. The van der Waals surface area contributed by atoms with Crippen LogP contribution in [0.1, 0.15) is 17.3 Å². The first-order valence-corrected chi connectivity index (χ1v) is 8.94. The third kappa shape index (κ3) is 4.07. The molecule has 3 rings (SSSR count). The molecule has 0 saturated carbocycles.